The number of nitrogens with zero attached hydrogens (tertiary/aromatic N) is 1. The minimum Gasteiger partial charge on any atom is -0.466 e. The molecule has 55 heavy (non-hydrogen) atoms. The molecule has 0 fully saturated rings. The van der Waals surface area contributed by atoms with Crippen LogP contribution < -0.4 is 0 Å². The molecule has 0 aliphatic rings. The van der Waals surface area contributed by atoms with Crippen molar-refractivity contribution in [2.45, 2.75) is 213 Å². The summed E-state index contributed by atoms with van der Waals surface area (Å²) in [5.41, 5.74) is 0. The minimum absolute atomic E-state index is 0.0733. The quantitative estimate of drug-likeness (QED) is 0.0287. The van der Waals surface area contributed by atoms with Crippen molar-refractivity contribution in [1.29, 1.82) is 0 Å². The fraction of sp³-hybridized carbons (Fsp3) is 0.854. The second kappa shape index (κ2) is 40.2. The fourth-order valence-electron chi connectivity index (χ4n) is 6.92. The lowest BCUT2D eigenvalue weighted by molar-refractivity contribution is -0.890. The minimum atomic E-state index is -0.325. The van der Waals surface area contributed by atoms with E-state index in [2.05, 4.69) is 38.2 Å². The zero-order valence-corrected chi connectivity index (χ0v) is 36.8. The maximum atomic E-state index is 13.2. The van der Waals surface area contributed by atoms with E-state index >= 15 is 0 Å². The van der Waals surface area contributed by atoms with Crippen LogP contribution in [0.4, 0.5) is 0 Å². The number of carbonyl (C=O) groups is 3. The molecule has 0 spiro atoms. The van der Waals surface area contributed by atoms with Gasteiger partial charge in [-0.25, -0.2) is 0 Å². The zero-order valence-electron chi connectivity index (χ0n) is 36.8. The molecule has 0 unspecified atom stereocenters. The first-order valence-corrected chi connectivity index (χ1v) is 23.3. The van der Waals surface area contributed by atoms with Crippen molar-refractivity contribution in [3.05, 3.63) is 24.3 Å². The highest BCUT2D eigenvalue weighted by Crippen LogP contribution is 2.17. The molecule has 0 radical (unpaired) electrons. The normalized spacial score (nSPS) is 12.0. The summed E-state index contributed by atoms with van der Waals surface area (Å²) in [5.74, 6) is -0.618. The summed E-state index contributed by atoms with van der Waals surface area (Å²) in [7, 11) is 4.01. The third-order valence-corrected chi connectivity index (χ3v) is 10.9. The number of ketones is 1. The molecule has 0 heterocycles. The predicted octanol–water partition coefficient (Wildman–Crippen LogP) is 12.6. The van der Waals surface area contributed by atoms with Gasteiger partial charge in [0.1, 0.15) is 12.3 Å². The first-order chi connectivity index (χ1) is 26.8. The third kappa shape index (κ3) is 38.7. The van der Waals surface area contributed by atoms with Gasteiger partial charge in [-0.05, 0) is 77.0 Å². The van der Waals surface area contributed by atoms with Gasteiger partial charge in [-0.2, -0.15) is 0 Å². The Bertz CT molecular complexity index is 887. The Labute approximate surface area is 340 Å². The van der Waals surface area contributed by atoms with E-state index in [9.17, 15) is 19.5 Å². The van der Waals surface area contributed by atoms with Gasteiger partial charge in [-0.15, -0.1) is 0 Å². The highest BCUT2D eigenvalue weighted by atomic mass is 16.5. The molecular formula is C48H90NO6+. The van der Waals surface area contributed by atoms with Crippen LogP contribution in [0.2, 0.25) is 0 Å². The van der Waals surface area contributed by atoms with Gasteiger partial charge in [0.05, 0.1) is 46.9 Å². The number of hydrogen-bond donors (Lipinski definition) is 1. The standard InChI is InChI=1S/C48H90NO6/c1-5-7-9-11-13-15-17-19-21-23-25-27-29-31-33-35-47(52)54-43-38-45(46(51)37-40-49(3,4)41-42-50)39-44-55-48(53)36-34-32-30-28-26-24-22-20-18-16-14-12-10-8-6-2/h19-22,45,50H,5-18,23-44H2,1-4H3/q+1/b21-19-,22-20-. The lowest BCUT2D eigenvalue weighted by atomic mass is 9.94. The second-order valence-corrected chi connectivity index (χ2v) is 16.7. The molecule has 0 saturated heterocycles. The van der Waals surface area contributed by atoms with Crippen molar-refractivity contribution in [1.82, 2.24) is 0 Å². The molecule has 0 aliphatic heterocycles. The van der Waals surface area contributed by atoms with Crippen molar-refractivity contribution in [3.63, 3.8) is 0 Å². The van der Waals surface area contributed by atoms with E-state index in [-0.39, 0.29) is 43.5 Å². The SMILES string of the molecule is CCCCCCCC/C=C\CCCCCCCC(=O)OCCC(CCOC(=O)CCCCCCC/C=C\CCCCCCCC)C(=O)CC[N+](C)(C)CCO. The van der Waals surface area contributed by atoms with Gasteiger partial charge in [-0.1, -0.05) is 141 Å². The Kier molecular flexibility index (Phi) is 38.8. The second-order valence-electron chi connectivity index (χ2n) is 16.7. The van der Waals surface area contributed by atoms with Crippen LogP contribution in [0.1, 0.15) is 213 Å². The predicted molar refractivity (Wildman–Crippen MR) is 232 cm³/mol. The van der Waals surface area contributed by atoms with Crippen LogP contribution in [0.3, 0.4) is 0 Å². The number of rotatable bonds is 42. The Morgan fingerprint density at radius 1 is 0.491 bits per heavy atom. The molecule has 0 bridgehead atoms. The first kappa shape index (κ1) is 53.0. The molecule has 322 valence electrons. The molecule has 0 aromatic rings. The van der Waals surface area contributed by atoms with Crippen LogP contribution in [0, 0.1) is 5.92 Å². The lowest BCUT2D eigenvalue weighted by Gasteiger charge is -2.29. The zero-order chi connectivity index (χ0) is 40.5. The van der Waals surface area contributed by atoms with Crippen molar-refractivity contribution in [3.8, 4) is 0 Å². The van der Waals surface area contributed by atoms with E-state index in [0.29, 0.717) is 49.7 Å². The molecule has 0 aromatic carbocycles. The number of unbranched alkanes of at least 4 members (excludes halogenated alkanes) is 22. The van der Waals surface area contributed by atoms with Gasteiger partial charge in [0.25, 0.3) is 0 Å². The monoisotopic (exact) mass is 777 g/mol. The Morgan fingerprint density at radius 3 is 1.20 bits per heavy atom. The first-order valence-electron chi connectivity index (χ1n) is 23.3. The number of aliphatic hydroxyl groups excluding tert-OH is 1. The summed E-state index contributed by atoms with van der Waals surface area (Å²) in [6.07, 6.45) is 43.1. The number of hydrogen-bond acceptors (Lipinski definition) is 6. The van der Waals surface area contributed by atoms with Crippen molar-refractivity contribution < 1.29 is 33.4 Å². The third-order valence-electron chi connectivity index (χ3n) is 10.9. The van der Waals surface area contributed by atoms with Crippen LogP contribution in [0.5, 0.6) is 0 Å². The average molecular weight is 777 g/mol. The van der Waals surface area contributed by atoms with Crippen LogP contribution in [-0.4, -0.2) is 74.3 Å². The summed E-state index contributed by atoms with van der Waals surface area (Å²) in [6, 6.07) is 0. The number of allylic oxidation sites excluding steroid dienone is 4. The van der Waals surface area contributed by atoms with Crippen molar-refractivity contribution in [2.75, 3.05) is 47.0 Å². The topological polar surface area (TPSA) is 89.9 Å². The molecule has 0 aromatic heterocycles. The molecule has 7 heteroatoms. The summed E-state index contributed by atoms with van der Waals surface area (Å²) < 4.78 is 11.6. The van der Waals surface area contributed by atoms with E-state index < -0.39 is 0 Å². The Balaban J connectivity index is 4.22. The molecule has 0 rings (SSSR count). The average Bonchev–Trinajstić information content (AvgIpc) is 3.16. The molecule has 0 amide bonds. The molecular weight excluding hydrogens is 687 g/mol. The number of carbonyl (C=O) groups excluding carboxylic acids is 3. The fourth-order valence-corrected chi connectivity index (χ4v) is 6.92. The van der Waals surface area contributed by atoms with Gasteiger partial charge < -0.3 is 19.1 Å². The number of esters is 2. The number of aliphatic hydroxyl groups is 1. The summed E-state index contributed by atoms with van der Waals surface area (Å²) >= 11 is 0. The summed E-state index contributed by atoms with van der Waals surface area (Å²) in [5, 5.41) is 9.38. The van der Waals surface area contributed by atoms with E-state index in [4.69, 9.17) is 9.47 Å². The molecule has 7 nitrogen and oxygen atoms in total. The lowest BCUT2D eigenvalue weighted by Crippen LogP contribution is -2.43. The number of ether oxygens (including phenoxy) is 2. The van der Waals surface area contributed by atoms with E-state index in [0.717, 1.165) is 51.4 Å². The van der Waals surface area contributed by atoms with Crippen LogP contribution in [-0.2, 0) is 23.9 Å². The highest BCUT2D eigenvalue weighted by Gasteiger charge is 2.23. The van der Waals surface area contributed by atoms with E-state index in [1.807, 2.05) is 14.1 Å². The van der Waals surface area contributed by atoms with Gasteiger partial charge in [0, 0.05) is 18.8 Å². The van der Waals surface area contributed by atoms with E-state index in [1.54, 1.807) is 0 Å². The Hall–Kier alpha value is -1.99. The van der Waals surface area contributed by atoms with Crippen LogP contribution >= 0.6 is 0 Å². The van der Waals surface area contributed by atoms with Crippen molar-refractivity contribution >= 4 is 17.7 Å². The van der Waals surface area contributed by atoms with Crippen LogP contribution in [0.15, 0.2) is 24.3 Å². The molecule has 0 saturated carbocycles. The largest absolute Gasteiger partial charge is 0.466 e. The van der Waals surface area contributed by atoms with Gasteiger partial charge in [0.2, 0.25) is 0 Å². The Morgan fingerprint density at radius 2 is 0.836 bits per heavy atom. The molecule has 0 aliphatic carbocycles. The molecule has 0 atom stereocenters. The maximum absolute atomic E-state index is 13.2. The number of quaternary nitrogens is 1. The van der Waals surface area contributed by atoms with Gasteiger partial charge in [-0.3, -0.25) is 14.4 Å². The summed E-state index contributed by atoms with van der Waals surface area (Å²) in [6.45, 7) is 6.21. The van der Waals surface area contributed by atoms with E-state index in [1.165, 1.54) is 116 Å². The smallest absolute Gasteiger partial charge is 0.305 e. The van der Waals surface area contributed by atoms with Crippen molar-refractivity contribution in [2.24, 2.45) is 5.92 Å². The van der Waals surface area contributed by atoms with Gasteiger partial charge in [0.15, 0.2) is 0 Å². The van der Waals surface area contributed by atoms with Crippen LogP contribution in [0.25, 0.3) is 0 Å². The summed E-state index contributed by atoms with van der Waals surface area (Å²) in [4.78, 5) is 38.1. The van der Waals surface area contributed by atoms with Gasteiger partial charge >= 0.3 is 11.9 Å². The maximum Gasteiger partial charge on any atom is 0.305 e. The number of Topliss-reactive ketones (excluding diaryl/α,β-unsaturated/α-hetero) is 1. The molecule has 1 N–H and O–H groups in total. The number of likely N-dealkylation sites (N-methyl/N-ethyl adjacent to an activating group) is 1. The highest BCUT2D eigenvalue weighted by molar-refractivity contribution is 5.81.